The van der Waals surface area contributed by atoms with Crippen LogP contribution < -0.4 is 4.90 Å². The molecule has 0 bridgehead atoms. The summed E-state index contributed by atoms with van der Waals surface area (Å²) in [4.78, 5) is 13.2. The normalized spacial score (nSPS) is 17.6. The highest BCUT2D eigenvalue weighted by Crippen LogP contribution is 2.34. The Morgan fingerprint density at radius 2 is 2.00 bits per heavy atom. The second-order valence-electron chi connectivity index (χ2n) is 5.16. The molecule has 1 heterocycles. The van der Waals surface area contributed by atoms with Gasteiger partial charge in [-0.25, -0.2) is 8.42 Å². The fourth-order valence-corrected chi connectivity index (χ4v) is 3.48. The van der Waals surface area contributed by atoms with Gasteiger partial charge in [-0.1, -0.05) is 26.0 Å². The molecule has 1 saturated heterocycles. The molecule has 1 unspecified atom stereocenters. The highest BCUT2D eigenvalue weighted by molar-refractivity contribution is 7.91. The monoisotopic (exact) mass is 297 g/mol. The predicted molar refractivity (Wildman–Crippen MR) is 76.7 cm³/mol. The first kappa shape index (κ1) is 14.8. The minimum absolute atomic E-state index is 0.0623. The summed E-state index contributed by atoms with van der Waals surface area (Å²) in [6, 6.07) is 6.91. The van der Waals surface area contributed by atoms with Gasteiger partial charge in [-0.15, -0.1) is 0 Å². The summed E-state index contributed by atoms with van der Waals surface area (Å²) in [5, 5.41) is 8.98. The molecule has 0 aromatic heterocycles. The van der Waals surface area contributed by atoms with Crippen molar-refractivity contribution >= 4 is 21.5 Å². The van der Waals surface area contributed by atoms with E-state index in [1.165, 1.54) is 0 Å². The van der Waals surface area contributed by atoms with Crippen molar-refractivity contribution in [3.05, 3.63) is 24.3 Å². The van der Waals surface area contributed by atoms with Crippen molar-refractivity contribution in [1.82, 2.24) is 0 Å². The van der Waals surface area contributed by atoms with Crippen molar-refractivity contribution in [2.45, 2.75) is 18.7 Å². The Balaban J connectivity index is 2.19. The molecule has 0 saturated carbocycles. The van der Waals surface area contributed by atoms with E-state index < -0.39 is 21.7 Å². The minimum Gasteiger partial charge on any atom is -0.481 e. The molecule has 0 radical (unpaired) electrons. The van der Waals surface area contributed by atoms with E-state index in [1.807, 2.05) is 4.90 Å². The minimum atomic E-state index is -3.26. The van der Waals surface area contributed by atoms with Crippen LogP contribution in [0.4, 0.5) is 5.69 Å². The van der Waals surface area contributed by atoms with Crippen LogP contribution in [-0.2, 0) is 14.6 Å². The Morgan fingerprint density at radius 1 is 1.40 bits per heavy atom. The lowest BCUT2D eigenvalue weighted by Crippen LogP contribution is -2.51. The largest absolute Gasteiger partial charge is 0.481 e. The highest BCUT2D eigenvalue weighted by atomic mass is 32.2. The Kier molecular flexibility index (Phi) is 4.04. The van der Waals surface area contributed by atoms with E-state index in [0.29, 0.717) is 23.7 Å². The zero-order chi connectivity index (χ0) is 14.9. The Labute approximate surface area is 119 Å². The van der Waals surface area contributed by atoms with E-state index in [1.54, 1.807) is 38.1 Å². The molecule has 1 N–H and O–H groups in total. The van der Waals surface area contributed by atoms with Gasteiger partial charge in [-0.05, 0) is 12.1 Å². The van der Waals surface area contributed by atoms with Crippen molar-refractivity contribution in [1.29, 1.82) is 0 Å². The molecule has 20 heavy (non-hydrogen) atoms. The smallest absolute Gasteiger partial charge is 0.306 e. The van der Waals surface area contributed by atoms with Crippen LogP contribution in [0.1, 0.15) is 13.8 Å². The van der Waals surface area contributed by atoms with E-state index in [0.717, 1.165) is 0 Å². The topological polar surface area (TPSA) is 74.7 Å². The number of carboxylic acid groups (broad SMARTS) is 1. The zero-order valence-electron chi connectivity index (χ0n) is 11.6. The first-order chi connectivity index (χ1) is 9.36. The van der Waals surface area contributed by atoms with Gasteiger partial charge in [0, 0.05) is 19.0 Å². The number of rotatable bonds is 5. The number of nitrogens with zero attached hydrogens (tertiary/aromatic N) is 1. The molecule has 2 rings (SSSR count). The maximum absolute atomic E-state index is 12.1. The van der Waals surface area contributed by atoms with Gasteiger partial charge in [0.25, 0.3) is 0 Å². The van der Waals surface area contributed by atoms with Crippen LogP contribution in [0.3, 0.4) is 0 Å². The third-order valence-corrected chi connectivity index (χ3v) is 5.70. The highest BCUT2D eigenvalue weighted by Gasteiger charge is 2.36. The average molecular weight is 297 g/mol. The summed E-state index contributed by atoms with van der Waals surface area (Å²) in [7, 11) is -3.26. The Morgan fingerprint density at radius 3 is 2.55 bits per heavy atom. The van der Waals surface area contributed by atoms with E-state index in [-0.39, 0.29) is 11.7 Å². The van der Waals surface area contributed by atoms with Gasteiger partial charge in [0.1, 0.15) is 0 Å². The van der Waals surface area contributed by atoms with Gasteiger partial charge >= 0.3 is 5.97 Å². The summed E-state index contributed by atoms with van der Waals surface area (Å²) in [6.45, 7) is 4.49. The molecule has 5 nitrogen and oxygen atoms in total. The van der Waals surface area contributed by atoms with Gasteiger partial charge in [0.15, 0.2) is 9.84 Å². The van der Waals surface area contributed by atoms with Gasteiger partial charge in [-0.3, -0.25) is 4.79 Å². The van der Waals surface area contributed by atoms with Crippen LogP contribution in [0.2, 0.25) is 0 Å². The fourth-order valence-electron chi connectivity index (χ4n) is 2.36. The molecule has 1 aromatic carbocycles. The molecule has 1 aliphatic rings. The van der Waals surface area contributed by atoms with Crippen LogP contribution >= 0.6 is 0 Å². The number of benzene rings is 1. The van der Waals surface area contributed by atoms with Crippen LogP contribution in [-0.4, -0.2) is 38.3 Å². The Bertz CT molecular complexity index is 605. The molecule has 0 aliphatic carbocycles. The number of carbonyl (C=O) groups is 1. The van der Waals surface area contributed by atoms with Crippen molar-refractivity contribution in [2.24, 2.45) is 11.8 Å². The summed E-state index contributed by atoms with van der Waals surface area (Å²) in [6.07, 6.45) is 0. The molecular weight excluding hydrogens is 278 g/mol. The quantitative estimate of drug-likeness (QED) is 0.894. The summed E-state index contributed by atoms with van der Waals surface area (Å²) in [5.74, 6) is -1.07. The van der Waals surface area contributed by atoms with Crippen LogP contribution in [0.5, 0.6) is 0 Å². The summed E-state index contributed by atoms with van der Waals surface area (Å²) < 4.78 is 24.1. The van der Waals surface area contributed by atoms with Crippen LogP contribution in [0, 0.1) is 11.8 Å². The molecule has 6 heteroatoms. The molecule has 1 atom stereocenters. The van der Waals surface area contributed by atoms with Crippen molar-refractivity contribution in [3.63, 3.8) is 0 Å². The molecule has 0 spiro atoms. The second kappa shape index (κ2) is 5.44. The van der Waals surface area contributed by atoms with E-state index in [2.05, 4.69) is 0 Å². The van der Waals surface area contributed by atoms with Crippen molar-refractivity contribution < 1.29 is 18.3 Å². The SMILES string of the molecule is CCS(=O)(=O)c1ccccc1N1CC(C(C)C(=O)O)C1. The van der Waals surface area contributed by atoms with Crippen molar-refractivity contribution in [3.8, 4) is 0 Å². The van der Waals surface area contributed by atoms with Gasteiger partial charge in [0.2, 0.25) is 0 Å². The molecule has 0 amide bonds. The number of anilines is 1. The first-order valence-electron chi connectivity index (χ1n) is 6.66. The summed E-state index contributed by atoms with van der Waals surface area (Å²) in [5.41, 5.74) is 0.684. The lowest BCUT2D eigenvalue weighted by Gasteiger charge is -2.43. The number of carboxylic acids is 1. The van der Waals surface area contributed by atoms with Crippen LogP contribution in [0.15, 0.2) is 29.2 Å². The predicted octanol–water partition coefficient (Wildman–Crippen LogP) is 1.64. The van der Waals surface area contributed by atoms with Gasteiger partial charge < -0.3 is 10.0 Å². The van der Waals surface area contributed by atoms with E-state index in [4.69, 9.17) is 5.11 Å². The van der Waals surface area contributed by atoms with Crippen molar-refractivity contribution in [2.75, 3.05) is 23.7 Å². The maximum atomic E-state index is 12.1. The zero-order valence-corrected chi connectivity index (χ0v) is 12.4. The van der Waals surface area contributed by atoms with Gasteiger partial charge in [0.05, 0.1) is 22.3 Å². The fraction of sp³-hybridized carbons (Fsp3) is 0.500. The number of hydrogen-bond acceptors (Lipinski definition) is 4. The first-order valence-corrected chi connectivity index (χ1v) is 8.31. The van der Waals surface area contributed by atoms with E-state index >= 15 is 0 Å². The summed E-state index contributed by atoms with van der Waals surface area (Å²) >= 11 is 0. The van der Waals surface area contributed by atoms with Crippen LogP contribution in [0.25, 0.3) is 0 Å². The molecule has 110 valence electrons. The second-order valence-corrected chi connectivity index (χ2v) is 7.41. The number of hydrogen-bond donors (Lipinski definition) is 1. The molecule has 1 fully saturated rings. The third-order valence-electron chi connectivity index (χ3n) is 3.93. The lowest BCUT2D eigenvalue weighted by atomic mass is 9.87. The number of sulfone groups is 1. The molecule has 1 aromatic rings. The number of aliphatic carboxylic acids is 1. The van der Waals surface area contributed by atoms with Gasteiger partial charge in [-0.2, -0.15) is 0 Å². The third kappa shape index (κ3) is 2.65. The molecular formula is C14H19NO4S. The standard InChI is InChI=1S/C14H19NO4S/c1-3-20(18,19)13-7-5-4-6-12(13)15-8-11(9-15)10(2)14(16)17/h4-7,10-11H,3,8-9H2,1-2H3,(H,16,17). The average Bonchev–Trinajstić information content (AvgIpc) is 2.37. The Hall–Kier alpha value is -1.56. The number of para-hydroxylation sites is 1. The molecule has 1 aliphatic heterocycles. The maximum Gasteiger partial charge on any atom is 0.306 e. The van der Waals surface area contributed by atoms with E-state index in [9.17, 15) is 13.2 Å². The lowest BCUT2D eigenvalue weighted by molar-refractivity contribution is -0.143.